The third-order valence-electron chi connectivity index (χ3n) is 8.70. The zero-order valence-corrected chi connectivity index (χ0v) is 15.2. The number of fused-ring (bicyclic) bond motifs is 5. The SMILES string of the molecule is CC(=O)[C@]1(O)CC[C@@H]2[C@@H]3CCC4=CC(=O)CC[C@]4(C)[C@@H]3CC[C@@]21C. The van der Waals surface area contributed by atoms with E-state index in [0.717, 1.165) is 38.5 Å². The summed E-state index contributed by atoms with van der Waals surface area (Å²) in [6.07, 6.45) is 9.37. The minimum Gasteiger partial charge on any atom is -0.382 e. The van der Waals surface area contributed by atoms with Crippen molar-refractivity contribution in [3.63, 3.8) is 0 Å². The summed E-state index contributed by atoms with van der Waals surface area (Å²) in [5.41, 5.74) is 0.155. The van der Waals surface area contributed by atoms with Crippen LogP contribution in [0.15, 0.2) is 11.6 Å². The molecule has 0 aromatic carbocycles. The molecule has 0 aromatic rings. The van der Waals surface area contributed by atoms with Crippen LogP contribution in [-0.2, 0) is 9.59 Å². The molecule has 0 heterocycles. The number of allylic oxidation sites excluding steroid dienone is 1. The molecule has 0 unspecified atom stereocenters. The molecule has 0 aromatic heterocycles. The van der Waals surface area contributed by atoms with Gasteiger partial charge in [-0.1, -0.05) is 19.4 Å². The van der Waals surface area contributed by atoms with Gasteiger partial charge in [-0.2, -0.15) is 0 Å². The Morgan fingerprint density at radius 2 is 1.79 bits per heavy atom. The third kappa shape index (κ3) is 1.88. The van der Waals surface area contributed by atoms with Crippen LogP contribution in [0.3, 0.4) is 0 Å². The molecule has 3 heteroatoms. The molecule has 1 N–H and O–H groups in total. The lowest BCUT2D eigenvalue weighted by molar-refractivity contribution is -0.160. The second kappa shape index (κ2) is 5.03. The lowest BCUT2D eigenvalue weighted by atomic mass is 9.46. The van der Waals surface area contributed by atoms with Crippen molar-refractivity contribution in [3.05, 3.63) is 11.6 Å². The fourth-order valence-electron chi connectivity index (χ4n) is 7.15. The van der Waals surface area contributed by atoms with E-state index in [2.05, 4.69) is 13.8 Å². The van der Waals surface area contributed by atoms with E-state index in [9.17, 15) is 14.7 Å². The number of carbonyl (C=O) groups excluding carboxylic acids is 2. The number of aliphatic hydroxyl groups is 1. The molecule has 3 fully saturated rings. The maximum atomic E-state index is 12.2. The summed E-state index contributed by atoms with van der Waals surface area (Å²) in [5.74, 6) is 1.90. The molecular formula is C21H30O3. The molecule has 0 spiro atoms. The van der Waals surface area contributed by atoms with Crippen molar-refractivity contribution in [2.45, 2.75) is 77.7 Å². The summed E-state index contributed by atoms with van der Waals surface area (Å²) in [6, 6.07) is 0. The highest BCUT2D eigenvalue weighted by atomic mass is 16.3. The van der Waals surface area contributed by atoms with Crippen molar-refractivity contribution in [1.82, 2.24) is 0 Å². The minimum absolute atomic E-state index is 0.0446. The molecule has 0 radical (unpaired) electrons. The molecule has 4 aliphatic rings. The lowest BCUT2D eigenvalue weighted by Gasteiger charge is -2.58. The van der Waals surface area contributed by atoms with Gasteiger partial charge in [0, 0.05) is 11.8 Å². The molecule has 0 aliphatic heterocycles. The van der Waals surface area contributed by atoms with Gasteiger partial charge in [0.2, 0.25) is 0 Å². The molecular weight excluding hydrogens is 300 g/mol. The molecule has 4 rings (SSSR count). The average Bonchev–Trinajstić information content (AvgIpc) is 2.81. The van der Waals surface area contributed by atoms with E-state index in [4.69, 9.17) is 0 Å². The number of hydrogen-bond donors (Lipinski definition) is 1. The van der Waals surface area contributed by atoms with Gasteiger partial charge in [-0.15, -0.1) is 0 Å². The van der Waals surface area contributed by atoms with E-state index >= 15 is 0 Å². The quantitative estimate of drug-likeness (QED) is 0.795. The summed E-state index contributed by atoms with van der Waals surface area (Å²) >= 11 is 0. The highest BCUT2D eigenvalue weighted by Gasteiger charge is 2.65. The third-order valence-corrected chi connectivity index (χ3v) is 8.70. The smallest absolute Gasteiger partial charge is 0.161 e. The van der Waals surface area contributed by atoms with Crippen molar-refractivity contribution in [2.24, 2.45) is 28.6 Å². The van der Waals surface area contributed by atoms with Gasteiger partial charge in [-0.3, -0.25) is 9.59 Å². The molecule has 0 bridgehead atoms. The van der Waals surface area contributed by atoms with Crippen molar-refractivity contribution in [2.75, 3.05) is 0 Å². The second-order valence-corrected chi connectivity index (χ2v) is 9.38. The predicted molar refractivity (Wildman–Crippen MR) is 92.3 cm³/mol. The van der Waals surface area contributed by atoms with Crippen LogP contribution in [0.2, 0.25) is 0 Å². The van der Waals surface area contributed by atoms with Gasteiger partial charge in [0.25, 0.3) is 0 Å². The number of carbonyl (C=O) groups is 2. The average molecular weight is 330 g/mol. The van der Waals surface area contributed by atoms with Crippen LogP contribution in [0.5, 0.6) is 0 Å². The van der Waals surface area contributed by atoms with Crippen molar-refractivity contribution < 1.29 is 14.7 Å². The van der Waals surface area contributed by atoms with Crippen molar-refractivity contribution >= 4 is 11.6 Å². The van der Waals surface area contributed by atoms with Gasteiger partial charge in [0.05, 0.1) is 0 Å². The second-order valence-electron chi connectivity index (χ2n) is 9.38. The van der Waals surface area contributed by atoms with Crippen LogP contribution in [0.25, 0.3) is 0 Å². The van der Waals surface area contributed by atoms with Crippen LogP contribution >= 0.6 is 0 Å². The summed E-state index contributed by atoms with van der Waals surface area (Å²) < 4.78 is 0. The first-order valence-corrected chi connectivity index (χ1v) is 9.70. The van der Waals surface area contributed by atoms with Crippen molar-refractivity contribution in [3.8, 4) is 0 Å². The lowest BCUT2D eigenvalue weighted by Crippen LogP contribution is -2.57. The van der Waals surface area contributed by atoms with E-state index in [1.165, 1.54) is 5.57 Å². The number of rotatable bonds is 1. The highest BCUT2D eigenvalue weighted by Crippen LogP contribution is 2.67. The van der Waals surface area contributed by atoms with Crippen LogP contribution in [0.4, 0.5) is 0 Å². The number of Topliss-reactive ketones (excluding diaryl/α,β-unsaturated/α-hetero) is 1. The van der Waals surface area contributed by atoms with Gasteiger partial charge >= 0.3 is 0 Å². The fraction of sp³-hybridized carbons (Fsp3) is 0.810. The Bertz CT molecular complexity index is 635. The Kier molecular flexibility index (Phi) is 3.46. The Morgan fingerprint density at radius 3 is 2.50 bits per heavy atom. The van der Waals surface area contributed by atoms with Gasteiger partial charge in [0.15, 0.2) is 11.6 Å². The van der Waals surface area contributed by atoms with E-state index in [-0.39, 0.29) is 16.6 Å². The normalized spacial score (nSPS) is 50.6. The summed E-state index contributed by atoms with van der Waals surface area (Å²) in [4.78, 5) is 24.1. The number of hydrogen-bond acceptors (Lipinski definition) is 3. The first-order valence-electron chi connectivity index (χ1n) is 9.70. The van der Waals surface area contributed by atoms with Gasteiger partial charge < -0.3 is 5.11 Å². The van der Waals surface area contributed by atoms with Crippen LogP contribution in [0.1, 0.15) is 72.1 Å². The molecule has 24 heavy (non-hydrogen) atoms. The Morgan fingerprint density at radius 1 is 1.08 bits per heavy atom. The van der Waals surface area contributed by atoms with Gasteiger partial charge in [0.1, 0.15) is 5.60 Å². The molecule has 0 saturated heterocycles. The molecule has 6 atom stereocenters. The monoisotopic (exact) mass is 330 g/mol. The van der Waals surface area contributed by atoms with E-state index in [1.807, 2.05) is 6.08 Å². The molecule has 132 valence electrons. The molecule has 3 saturated carbocycles. The topological polar surface area (TPSA) is 54.4 Å². The fourth-order valence-corrected chi connectivity index (χ4v) is 7.15. The van der Waals surface area contributed by atoms with E-state index < -0.39 is 5.60 Å². The van der Waals surface area contributed by atoms with Crippen molar-refractivity contribution in [1.29, 1.82) is 0 Å². The molecule has 0 amide bonds. The van der Waals surface area contributed by atoms with Gasteiger partial charge in [-0.05, 0) is 81.1 Å². The molecule has 4 aliphatic carbocycles. The van der Waals surface area contributed by atoms with Crippen LogP contribution in [-0.4, -0.2) is 22.3 Å². The predicted octanol–water partition coefficient (Wildman–Crippen LogP) is 3.84. The summed E-state index contributed by atoms with van der Waals surface area (Å²) in [6.45, 7) is 6.10. The van der Waals surface area contributed by atoms with E-state index in [0.29, 0.717) is 36.4 Å². The highest BCUT2D eigenvalue weighted by molar-refractivity contribution is 5.91. The van der Waals surface area contributed by atoms with Crippen LogP contribution < -0.4 is 0 Å². The van der Waals surface area contributed by atoms with Crippen LogP contribution in [0, 0.1) is 28.6 Å². The number of ketones is 2. The standard InChI is InChI=1S/C21H30O3/c1-13(22)21(24)11-8-18-16-5-4-14-12-15(23)6-9-19(14,2)17(16)7-10-20(18,21)3/h12,16-18,24H,4-11H2,1-3H3/t16-,17-,18-,19+,20+,21-/m1/s1. The Labute approximate surface area is 144 Å². The first kappa shape index (κ1) is 16.5. The maximum Gasteiger partial charge on any atom is 0.161 e. The zero-order chi connectivity index (χ0) is 17.3. The maximum absolute atomic E-state index is 12.2. The summed E-state index contributed by atoms with van der Waals surface area (Å²) in [5, 5.41) is 11.1. The summed E-state index contributed by atoms with van der Waals surface area (Å²) in [7, 11) is 0. The van der Waals surface area contributed by atoms with E-state index in [1.54, 1.807) is 6.92 Å². The largest absolute Gasteiger partial charge is 0.382 e. The minimum atomic E-state index is -1.12. The Balaban J connectivity index is 1.70. The first-order chi connectivity index (χ1) is 11.2. The molecule has 3 nitrogen and oxygen atoms in total. The zero-order valence-electron chi connectivity index (χ0n) is 15.2. The Hall–Kier alpha value is -0.960. The van der Waals surface area contributed by atoms with Gasteiger partial charge in [-0.25, -0.2) is 0 Å².